The van der Waals surface area contributed by atoms with Gasteiger partial charge in [0.25, 0.3) is 0 Å². The van der Waals surface area contributed by atoms with E-state index in [1.54, 1.807) is 17.7 Å². The lowest BCUT2D eigenvalue weighted by Gasteiger charge is -2.14. The van der Waals surface area contributed by atoms with E-state index in [1.165, 1.54) is 6.07 Å². The number of aliphatic hydroxyl groups excluding tert-OH is 1. The first kappa shape index (κ1) is 18.9. The summed E-state index contributed by atoms with van der Waals surface area (Å²) < 4.78 is 1.78. The summed E-state index contributed by atoms with van der Waals surface area (Å²) in [4.78, 5) is 23.1. The molecule has 7 heteroatoms. The molecule has 0 amide bonds. The zero-order valence-corrected chi connectivity index (χ0v) is 13.2. The van der Waals surface area contributed by atoms with Gasteiger partial charge in [-0.25, -0.2) is 0 Å². The van der Waals surface area contributed by atoms with Gasteiger partial charge in [0.05, 0.1) is 31.4 Å². The van der Waals surface area contributed by atoms with Gasteiger partial charge in [0.2, 0.25) is 5.43 Å². The summed E-state index contributed by atoms with van der Waals surface area (Å²) in [5.41, 5.74) is 0.129. The van der Waals surface area contributed by atoms with E-state index in [-0.39, 0.29) is 31.2 Å². The third-order valence-electron chi connectivity index (χ3n) is 3.49. The van der Waals surface area contributed by atoms with Crippen molar-refractivity contribution in [1.82, 2.24) is 15.2 Å². The molecule has 0 spiro atoms. The number of terminal acetylenes is 1. The van der Waals surface area contributed by atoms with Gasteiger partial charge in [-0.15, -0.1) is 6.42 Å². The highest BCUT2D eigenvalue weighted by atomic mass is 16.3. The minimum atomic E-state index is -0.656. The van der Waals surface area contributed by atoms with Crippen molar-refractivity contribution in [1.29, 1.82) is 0 Å². The van der Waals surface area contributed by atoms with Crippen LogP contribution in [0.4, 0.5) is 0 Å². The van der Waals surface area contributed by atoms with Gasteiger partial charge in [-0.1, -0.05) is 5.92 Å². The molecule has 1 atom stereocenters. The standard InChI is InChI=1S/C16H23N3O4/c1-3-6-18-13(11-20)15(22)10-17-7-4-8-19-9-5-14(21)16(23)12(19)2/h1,5,9,13,17-18,20,23H,4,6-8,10-11H2,2H3. The lowest BCUT2D eigenvalue weighted by Crippen LogP contribution is -2.44. The highest BCUT2D eigenvalue weighted by Crippen LogP contribution is 2.09. The second kappa shape index (κ2) is 9.79. The lowest BCUT2D eigenvalue weighted by atomic mass is 10.2. The molecule has 1 aromatic heterocycles. The molecule has 0 aliphatic rings. The van der Waals surface area contributed by atoms with Crippen molar-refractivity contribution < 1.29 is 15.0 Å². The third-order valence-corrected chi connectivity index (χ3v) is 3.49. The third kappa shape index (κ3) is 5.87. The summed E-state index contributed by atoms with van der Waals surface area (Å²) >= 11 is 0. The van der Waals surface area contributed by atoms with Gasteiger partial charge in [0.1, 0.15) is 0 Å². The van der Waals surface area contributed by atoms with Crippen LogP contribution in [-0.2, 0) is 11.3 Å². The fraction of sp³-hybridized carbons (Fsp3) is 0.500. The molecule has 1 rings (SSSR count). The van der Waals surface area contributed by atoms with E-state index in [4.69, 9.17) is 11.5 Å². The molecule has 1 aromatic rings. The number of pyridine rings is 1. The highest BCUT2D eigenvalue weighted by molar-refractivity contribution is 5.86. The van der Waals surface area contributed by atoms with Crippen LogP contribution in [0.5, 0.6) is 5.75 Å². The van der Waals surface area contributed by atoms with Crippen molar-refractivity contribution in [3.8, 4) is 18.1 Å². The summed E-state index contributed by atoms with van der Waals surface area (Å²) in [5, 5.41) is 24.5. The highest BCUT2D eigenvalue weighted by Gasteiger charge is 2.15. The van der Waals surface area contributed by atoms with Gasteiger partial charge < -0.3 is 20.1 Å². The molecule has 1 unspecified atom stereocenters. The van der Waals surface area contributed by atoms with E-state index in [0.717, 1.165) is 6.42 Å². The van der Waals surface area contributed by atoms with E-state index >= 15 is 0 Å². The maximum absolute atomic E-state index is 11.8. The minimum Gasteiger partial charge on any atom is -0.503 e. The zero-order chi connectivity index (χ0) is 17.2. The van der Waals surface area contributed by atoms with E-state index in [2.05, 4.69) is 16.6 Å². The van der Waals surface area contributed by atoms with Crippen LogP contribution in [-0.4, -0.2) is 52.8 Å². The Labute approximate surface area is 135 Å². The Bertz CT molecular complexity index is 619. The molecule has 0 saturated heterocycles. The SMILES string of the molecule is C#CCNC(CO)C(=O)CNCCCn1ccc(=O)c(O)c1C. The maximum atomic E-state index is 11.8. The number of aromatic hydroxyl groups is 1. The Morgan fingerprint density at radius 1 is 1.52 bits per heavy atom. The number of aryl methyl sites for hydroxylation is 1. The number of hydrogen-bond donors (Lipinski definition) is 4. The summed E-state index contributed by atoms with van der Waals surface area (Å²) in [7, 11) is 0. The second-order valence-electron chi connectivity index (χ2n) is 5.12. The van der Waals surface area contributed by atoms with Crippen molar-refractivity contribution in [2.24, 2.45) is 0 Å². The molecule has 126 valence electrons. The lowest BCUT2D eigenvalue weighted by molar-refractivity contribution is -0.121. The topological polar surface area (TPSA) is 104 Å². The Morgan fingerprint density at radius 2 is 2.26 bits per heavy atom. The van der Waals surface area contributed by atoms with Gasteiger partial charge in [-0.05, 0) is 19.9 Å². The number of aliphatic hydroxyl groups is 1. The van der Waals surface area contributed by atoms with E-state index in [0.29, 0.717) is 18.8 Å². The number of ketones is 1. The van der Waals surface area contributed by atoms with Crippen LogP contribution in [0.2, 0.25) is 0 Å². The first-order valence-electron chi connectivity index (χ1n) is 7.41. The summed E-state index contributed by atoms with van der Waals surface area (Å²) in [5.74, 6) is 1.97. The molecular formula is C16H23N3O4. The molecule has 0 fully saturated rings. The number of carbonyl (C=O) groups is 1. The predicted octanol–water partition coefficient (Wildman–Crippen LogP) is -1.01. The fourth-order valence-electron chi connectivity index (χ4n) is 2.08. The quantitative estimate of drug-likeness (QED) is 0.325. The van der Waals surface area contributed by atoms with Crippen LogP contribution in [0, 0.1) is 19.3 Å². The van der Waals surface area contributed by atoms with E-state index in [1.807, 2.05) is 0 Å². The number of carbonyl (C=O) groups excluding carboxylic acids is 1. The average Bonchev–Trinajstić information content (AvgIpc) is 2.55. The molecular weight excluding hydrogens is 298 g/mol. The Morgan fingerprint density at radius 3 is 2.91 bits per heavy atom. The second-order valence-corrected chi connectivity index (χ2v) is 5.12. The first-order valence-corrected chi connectivity index (χ1v) is 7.41. The molecule has 4 N–H and O–H groups in total. The minimum absolute atomic E-state index is 0.136. The first-order chi connectivity index (χ1) is 11.0. The van der Waals surface area contributed by atoms with Crippen LogP contribution >= 0.6 is 0 Å². The molecule has 0 aliphatic carbocycles. The van der Waals surface area contributed by atoms with Crippen LogP contribution in [0.25, 0.3) is 0 Å². The van der Waals surface area contributed by atoms with E-state index in [9.17, 15) is 14.7 Å². The normalized spacial score (nSPS) is 11.9. The van der Waals surface area contributed by atoms with Crippen LogP contribution < -0.4 is 16.1 Å². The average molecular weight is 321 g/mol. The largest absolute Gasteiger partial charge is 0.503 e. The van der Waals surface area contributed by atoms with Crippen LogP contribution in [0.15, 0.2) is 17.1 Å². The van der Waals surface area contributed by atoms with Gasteiger partial charge >= 0.3 is 0 Å². The molecule has 0 radical (unpaired) electrons. The number of nitrogens with one attached hydrogen (secondary N) is 2. The van der Waals surface area contributed by atoms with Gasteiger partial charge in [0.15, 0.2) is 11.5 Å². The van der Waals surface area contributed by atoms with Gasteiger partial charge in [0, 0.05) is 18.8 Å². The molecule has 0 bridgehead atoms. The smallest absolute Gasteiger partial charge is 0.223 e. The molecule has 1 heterocycles. The number of aromatic nitrogens is 1. The van der Waals surface area contributed by atoms with Crippen molar-refractivity contribution >= 4 is 5.78 Å². The Hall–Kier alpha value is -2.14. The van der Waals surface area contributed by atoms with Crippen molar-refractivity contribution in [3.63, 3.8) is 0 Å². The van der Waals surface area contributed by atoms with Crippen LogP contribution in [0.1, 0.15) is 12.1 Å². The maximum Gasteiger partial charge on any atom is 0.223 e. The monoisotopic (exact) mass is 321 g/mol. The van der Waals surface area contributed by atoms with Crippen LogP contribution in [0.3, 0.4) is 0 Å². The summed E-state index contributed by atoms with van der Waals surface area (Å²) in [6.07, 6.45) is 7.45. The van der Waals surface area contributed by atoms with Gasteiger partial charge in [-0.2, -0.15) is 0 Å². The molecule has 7 nitrogen and oxygen atoms in total. The number of Topliss-reactive ketones (excluding diaryl/α,β-unsaturated/α-hetero) is 1. The Kier molecular flexibility index (Phi) is 8.05. The summed E-state index contributed by atoms with van der Waals surface area (Å²) in [6.45, 7) is 2.95. The number of nitrogens with zero attached hydrogens (tertiary/aromatic N) is 1. The van der Waals surface area contributed by atoms with Gasteiger partial charge in [-0.3, -0.25) is 14.9 Å². The Balaban J connectivity index is 2.33. The number of hydrogen-bond acceptors (Lipinski definition) is 6. The molecule has 0 aliphatic heterocycles. The molecule has 23 heavy (non-hydrogen) atoms. The van der Waals surface area contributed by atoms with Crippen molar-refractivity contribution in [2.45, 2.75) is 25.9 Å². The van der Waals surface area contributed by atoms with Crippen molar-refractivity contribution in [3.05, 3.63) is 28.2 Å². The fourth-order valence-corrected chi connectivity index (χ4v) is 2.08. The summed E-state index contributed by atoms with van der Waals surface area (Å²) in [6, 6.07) is 0.666. The zero-order valence-electron chi connectivity index (χ0n) is 13.2. The van der Waals surface area contributed by atoms with Crippen molar-refractivity contribution in [2.75, 3.05) is 26.2 Å². The van der Waals surface area contributed by atoms with E-state index < -0.39 is 11.5 Å². The molecule has 0 aromatic carbocycles. The predicted molar refractivity (Wildman–Crippen MR) is 87.3 cm³/mol. The molecule has 0 saturated carbocycles. The number of rotatable bonds is 10.